The molecule has 1 unspecified atom stereocenters. The van der Waals surface area contributed by atoms with Crippen LogP contribution >= 0.6 is 11.3 Å². The Labute approximate surface area is 249 Å². The molecule has 1 fully saturated rings. The summed E-state index contributed by atoms with van der Waals surface area (Å²) in [7, 11) is 0. The smallest absolute Gasteiger partial charge is 0.335 e. The fourth-order valence-corrected chi connectivity index (χ4v) is 5.86. The highest BCUT2D eigenvalue weighted by Crippen LogP contribution is 2.40. The summed E-state index contributed by atoms with van der Waals surface area (Å²) in [6.07, 6.45) is 1.43. The number of pyridine rings is 1. The number of carboxylic acid groups (broad SMARTS) is 1. The summed E-state index contributed by atoms with van der Waals surface area (Å²) in [6, 6.07) is 13.5. The minimum Gasteiger partial charge on any atom is -0.478 e. The lowest BCUT2D eigenvalue weighted by atomic mass is 9.87. The number of nitriles is 1. The number of carboxylic acids is 1. The third kappa shape index (κ3) is 5.57. The molecule has 5 aromatic rings. The summed E-state index contributed by atoms with van der Waals surface area (Å²) in [5.74, 6) is -1.70. The molecular weight excluding hydrogens is 576 g/mol. The molecule has 1 N–H and O–H groups in total. The second kappa shape index (κ2) is 11.2. The number of aromatic carboxylic acids is 1. The summed E-state index contributed by atoms with van der Waals surface area (Å²) in [5.41, 5.74) is 1.22. The van der Waals surface area contributed by atoms with E-state index in [4.69, 9.17) is 19.7 Å². The van der Waals surface area contributed by atoms with Gasteiger partial charge in [0.25, 0.3) is 0 Å². The Morgan fingerprint density at radius 3 is 2.77 bits per heavy atom. The lowest BCUT2D eigenvalue weighted by Crippen LogP contribution is -2.27. The number of halogens is 2. The number of aromatic nitrogens is 4. The summed E-state index contributed by atoms with van der Waals surface area (Å²) >= 11 is 1.20. The molecule has 1 saturated heterocycles. The molecule has 218 valence electrons. The maximum Gasteiger partial charge on any atom is 0.335 e. The van der Waals surface area contributed by atoms with Crippen molar-refractivity contribution in [1.82, 2.24) is 19.5 Å². The highest BCUT2D eigenvalue weighted by molar-refractivity contribution is 7.12. The number of hydrogen-bond acceptors (Lipinski definition) is 8. The molecule has 6 rings (SSSR count). The maximum atomic E-state index is 15.6. The van der Waals surface area contributed by atoms with E-state index in [-0.39, 0.29) is 52.7 Å². The predicted octanol–water partition coefficient (Wildman–Crippen LogP) is 6.17. The lowest BCUT2D eigenvalue weighted by molar-refractivity contribution is 0.0697. The predicted molar refractivity (Wildman–Crippen MR) is 154 cm³/mol. The van der Waals surface area contributed by atoms with Crippen molar-refractivity contribution in [3.8, 4) is 23.2 Å². The van der Waals surface area contributed by atoms with Crippen LogP contribution in [-0.2, 0) is 17.8 Å². The van der Waals surface area contributed by atoms with Crippen molar-refractivity contribution < 1.29 is 28.2 Å². The number of ether oxygens (including phenoxy) is 2. The lowest BCUT2D eigenvalue weighted by Gasteiger charge is -2.28. The van der Waals surface area contributed by atoms with E-state index in [2.05, 4.69) is 9.97 Å². The molecule has 43 heavy (non-hydrogen) atoms. The van der Waals surface area contributed by atoms with E-state index in [9.17, 15) is 9.90 Å². The van der Waals surface area contributed by atoms with Crippen molar-refractivity contribution in [3.05, 3.63) is 93.2 Å². The molecule has 2 aromatic carbocycles. The average molecular weight is 602 g/mol. The Morgan fingerprint density at radius 2 is 2.05 bits per heavy atom. The average Bonchev–Trinajstić information content (AvgIpc) is 3.69. The highest BCUT2D eigenvalue weighted by Gasteiger charge is 2.39. The van der Waals surface area contributed by atoms with Gasteiger partial charge in [0.15, 0.2) is 0 Å². The van der Waals surface area contributed by atoms with E-state index < -0.39 is 17.6 Å². The molecule has 1 atom stereocenters. The van der Waals surface area contributed by atoms with E-state index >= 15 is 8.78 Å². The van der Waals surface area contributed by atoms with Gasteiger partial charge in [-0.05, 0) is 42.0 Å². The highest BCUT2D eigenvalue weighted by atomic mass is 32.1. The van der Waals surface area contributed by atoms with E-state index in [1.165, 1.54) is 23.6 Å². The molecule has 0 radical (unpaired) electrons. The molecule has 0 saturated carbocycles. The van der Waals surface area contributed by atoms with Crippen molar-refractivity contribution >= 4 is 28.3 Å². The van der Waals surface area contributed by atoms with Gasteiger partial charge in [-0.15, -0.1) is 11.3 Å². The fraction of sp³-hybridized carbons (Fsp3) is 0.258. The number of nitrogens with zero attached hydrogens (tertiary/aromatic N) is 5. The van der Waals surface area contributed by atoms with Crippen molar-refractivity contribution in [3.63, 3.8) is 0 Å². The van der Waals surface area contributed by atoms with Crippen LogP contribution in [0.2, 0.25) is 0 Å². The molecule has 9 nitrogen and oxygen atoms in total. The van der Waals surface area contributed by atoms with E-state index in [1.54, 1.807) is 30.3 Å². The molecule has 0 aliphatic carbocycles. The van der Waals surface area contributed by atoms with Crippen LogP contribution < -0.4 is 4.74 Å². The van der Waals surface area contributed by atoms with E-state index in [0.29, 0.717) is 40.0 Å². The molecule has 12 heteroatoms. The van der Waals surface area contributed by atoms with Gasteiger partial charge < -0.3 is 19.1 Å². The molecule has 0 amide bonds. The number of thiazole rings is 1. The fourth-order valence-electron chi connectivity index (χ4n) is 5.23. The monoisotopic (exact) mass is 601 g/mol. The molecule has 3 aromatic heterocycles. The number of rotatable bonds is 8. The van der Waals surface area contributed by atoms with Crippen molar-refractivity contribution in [2.24, 2.45) is 5.41 Å². The van der Waals surface area contributed by atoms with Gasteiger partial charge >= 0.3 is 5.97 Å². The zero-order valence-electron chi connectivity index (χ0n) is 23.2. The normalized spacial score (nSPS) is 15.9. The SMILES string of the molecule is CC1(C)COCC1n1c(Cc2cc(F)c(-c3cccc(OCc4ncc(C#N)s4)n3)cc2F)nc2ccc(C(=O)O)cc21. The van der Waals surface area contributed by atoms with Crippen molar-refractivity contribution in [2.75, 3.05) is 13.2 Å². The number of fused-ring (bicyclic) bond motifs is 1. The largest absolute Gasteiger partial charge is 0.478 e. The summed E-state index contributed by atoms with van der Waals surface area (Å²) in [6.45, 7) is 5.04. The molecule has 1 aliphatic heterocycles. The second-order valence-electron chi connectivity index (χ2n) is 10.9. The zero-order valence-corrected chi connectivity index (χ0v) is 24.0. The Bertz CT molecular complexity index is 1910. The molecule has 0 bridgehead atoms. The second-order valence-corrected chi connectivity index (χ2v) is 12.0. The van der Waals surface area contributed by atoms with Gasteiger partial charge in [0.05, 0.1) is 47.7 Å². The first-order valence-electron chi connectivity index (χ1n) is 13.4. The van der Waals surface area contributed by atoms with Gasteiger partial charge in [0.1, 0.15) is 40.0 Å². The third-order valence-corrected chi connectivity index (χ3v) is 8.34. The van der Waals surface area contributed by atoms with Crippen molar-refractivity contribution in [1.29, 1.82) is 5.26 Å². The van der Waals surface area contributed by atoms with Gasteiger partial charge in [-0.1, -0.05) is 19.9 Å². The minimum absolute atomic E-state index is 0.0260. The molecule has 4 heterocycles. The zero-order chi connectivity index (χ0) is 30.3. The Balaban J connectivity index is 1.32. The van der Waals surface area contributed by atoms with Crippen LogP contribution in [0.1, 0.15) is 51.5 Å². The number of hydrogen-bond donors (Lipinski definition) is 1. The quantitative estimate of drug-likeness (QED) is 0.224. The van der Waals surface area contributed by atoms with E-state index in [1.807, 2.05) is 24.5 Å². The maximum absolute atomic E-state index is 15.6. The van der Waals surface area contributed by atoms with Crippen LogP contribution in [0.25, 0.3) is 22.3 Å². The van der Waals surface area contributed by atoms with Crippen LogP contribution in [-0.4, -0.2) is 43.8 Å². The van der Waals surface area contributed by atoms with Crippen LogP contribution in [0.4, 0.5) is 8.78 Å². The summed E-state index contributed by atoms with van der Waals surface area (Å²) < 4.78 is 44.4. The van der Waals surface area contributed by atoms with Crippen LogP contribution in [0.3, 0.4) is 0 Å². The Hall–Kier alpha value is -4.73. The van der Waals surface area contributed by atoms with Gasteiger partial charge in [0, 0.05) is 23.5 Å². The topological polar surface area (TPSA) is 123 Å². The number of carbonyl (C=O) groups is 1. The standard InChI is InChI=1S/C31H25F2N5O4S/c1-31(2)16-41-14-26(31)38-25-9-17(30(39)40)6-7-24(25)36-27(38)10-18-8-22(33)20(11-21(18)32)23-4-3-5-28(37-23)42-15-29-35-13-19(12-34)43-29/h3-9,11,13,26H,10,14-16H2,1-2H3,(H,39,40). The third-order valence-electron chi connectivity index (χ3n) is 7.46. The molecular formula is C31H25F2N5O4S. The van der Waals surface area contributed by atoms with Gasteiger partial charge in [-0.2, -0.15) is 5.26 Å². The summed E-state index contributed by atoms with van der Waals surface area (Å²) in [5, 5.41) is 19.1. The van der Waals surface area contributed by atoms with Crippen LogP contribution in [0.5, 0.6) is 5.88 Å². The first-order valence-corrected chi connectivity index (χ1v) is 14.2. The Kier molecular flexibility index (Phi) is 7.37. The van der Waals surface area contributed by atoms with Gasteiger partial charge in [-0.25, -0.2) is 28.5 Å². The first kappa shape index (κ1) is 28.4. The molecule has 0 spiro atoms. The van der Waals surface area contributed by atoms with Crippen LogP contribution in [0, 0.1) is 28.4 Å². The number of imidazole rings is 1. The van der Waals surface area contributed by atoms with Crippen molar-refractivity contribution in [2.45, 2.75) is 32.9 Å². The van der Waals surface area contributed by atoms with Gasteiger partial charge in [-0.3, -0.25) is 0 Å². The number of benzene rings is 2. The van der Waals surface area contributed by atoms with Gasteiger partial charge in [0.2, 0.25) is 5.88 Å². The first-order chi connectivity index (χ1) is 20.6. The Morgan fingerprint density at radius 1 is 1.21 bits per heavy atom. The minimum atomic E-state index is -1.07. The van der Waals surface area contributed by atoms with Crippen LogP contribution in [0.15, 0.2) is 54.7 Å². The van der Waals surface area contributed by atoms with E-state index in [0.717, 1.165) is 12.1 Å². The summed E-state index contributed by atoms with van der Waals surface area (Å²) in [4.78, 5) is 25.3. The molecule has 1 aliphatic rings.